The highest BCUT2D eigenvalue weighted by atomic mass is 32.1. The van der Waals surface area contributed by atoms with E-state index in [0.717, 1.165) is 37.0 Å². The van der Waals surface area contributed by atoms with Gasteiger partial charge in [-0.3, -0.25) is 4.57 Å². The summed E-state index contributed by atoms with van der Waals surface area (Å²) in [6.45, 7) is 5.45. The molecule has 0 atom stereocenters. The largest absolute Gasteiger partial charge is 0.461 e. The minimum Gasteiger partial charge on any atom is -0.461 e. The number of piperazine rings is 1. The van der Waals surface area contributed by atoms with Crippen LogP contribution in [0.2, 0.25) is 0 Å². The molecule has 4 rings (SSSR count). The lowest BCUT2D eigenvalue weighted by atomic mass is 10.3. The number of benzene rings is 1. The van der Waals surface area contributed by atoms with Crippen molar-refractivity contribution in [2.24, 2.45) is 0 Å². The number of hydrogen-bond donors (Lipinski definition) is 2. The van der Waals surface area contributed by atoms with Gasteiger partial charge in [0.05, 0.1) is 19.0 Å². The smallest absolute Gasteiger partial charge is 0.207 e. The van der Waals surface area contributed by atoms with Crippen molar-refractivity contribution in [2.75, 3.05) is 33.2 Å². The fraction of sp³-hybridized carbons (Fsp3) is 0.333. The summed E-state index contributed by atoms with van der Waals surface area (Å²) in [4.78, 5) is 3.11. The van der Waals surface area contributed by atoms with Crippen LogP contribution in [0.5, 0.6) is 0 Å². The van der Waals surface area contributed by atoms with E-state index in [1.807, 2.05) is 51.7 Å². The molecule has 0 aliphatic carbocycles. The summed E-state index contributed by atoms with van der Waals surface area (Å²) in [5, 5.41) is 4.80. The molecule has 2 N–H and O–H groups in total. The van der Waals surface area contributed by atoms with Crippen LogP contribution >= 0.6 is 12.2 Å². The van der Waals surface area contributed by atoms with Gasteiger partial charge in [-0.15, -0.1) is 5.10 Å². The van der Waals surface area contributed by atoms with Gasteiger partial charge in [0.25, 0.3) is 0 Å². The van der Waals surface area contributed by atoms with Gasteiger partial charge in [-0.1, -0.05) is 18.2 Å². The number of rotatable bonds is 4. The second-order valence-corrected chi connectivity index (χ2v) is 6.98. The Balaban J connectivity index is 1.73. The highest BCUT2D eigenvalue weighted by Gasteiger charge is 2.23. The molecule has 0 bridgehead atoms. The van der Waals surface area contributed by atoms with Crippen molar-refractivity contribution < 1.29 is 14.2 Å². The number of hydrogen-bond acceptors (Lipinski definition) is 3. The molecule has 3 heterocycles. The molecule has 1 saturated heterocycles. The quantitative estimate of drug-likeness (QED) is 0.648. The second-order valence-electron chi connectivity index (χ2n) is 6.62. The number of nitrogens with one attached hydrogen (secondary N) is 2. The molecular formula is C18H23N5OS+2. The first-order valence-corrected chi connectivity index (χ1v) is 9.07. The molecule has 1 aliphatic rings. The van der Waals surface area contributed by atoms with E-state index in [0.29, 0.717) is 4.77 Å². The minimum absolute atomic E-state index is 0.705. The molecule has 1 fully saturated rings. The van der Waals surface area contributed by atoms with Crippen LogP contribution < -0.4 is 9.80 Å². The maximum atomic E-state index is 5.76. The zero-order valence-electron chi connectivity index (χ0n) is 14.3. The van der Waals surface area contributed by atoms with Gasteiger partial charge < -0.3 is 14.2 Å². The first-order valence-electron chi connectivity index (χ1n) is 8.66. The van der Waals surface area contributed by atoms with Crippen molar-refractivity contribution >= 4 is 12.2 Å². The van der Waals surface area contributed by atoms with Gasteiger partial charge in [0, 0.05) is 0 Å². The van der Waals surface area contributed by atoms with Crippen molar-refractivity contribution in [2.45, 2.75) is 6.67 Å². The Bertz CT molecular complexity index is 876. The van der Waals surface area contributed by atoms with Crippen molar-refractivity contribution in [1.29, 1.82) is 0 Å². The number of furan rings is 1. The van der Waals surface area contributed by atoms with Crippen LogP contribution in [0.25, 0.3) is 17.3 Å². The number of likely N-dealkylation sites (N-methyl/N-ethyl adjacent to an activating group) is 1. The Morgan fingerprint density at radius 2 is 1.84 bits per heavy atom. The molecule has 1 aliphatic heterocycles. The van der Waals surface area contributed by atoms with Crippen LogP contribution in [-0.2, 0) is 6.67 Å². The number of para-hydroxylation sites is 1. The molecule has 1 aromatic carbocycles. The van der Waals surface area contributed by atoms with E-state index < -0.39 is 0 Å². The zero-order valence-corrected chi connectivity index (χ0v) is 15.1. The summed E-state index contributed by atoms with van der Waals surface area (Å²) in [6.07, 6.45) is 1.67. The van der Waals surface area contributed by atoms with E-state index in [4.69, 9.17) is 21.7 Å². The van der Waals surface area contributed by atoms with Crippen LogP contribution in [0.3, 0.4) is 0 Å². The molecule has 2 aromatic heterocycles. The first kappa shape index (κ1) is 16.3. The fourth-order valence-electron chi connectivity index (χ4n) is 3.29. The molecule has 25 heavy (non-hydrogen) atoms. The molecule has 0 amide bonds. The van der Waals surface area contributed by atoms with Gasteiger partial charge >= 0.3 is 0 Å². The molecule has 0 saturated carbocycles. The minimum atomic E-state index is 0.705. The number of aromatic nitrogens is 3. The predicted octanol–water partition coefficient (Wildman–Crippen LogP) is 0.0340. The van der Waals surface area contributed by atoms with Gasteiger partial charge in [0.1, 0.15) is 26.2 Å². The van der Waals surface area contributed by atoms with E-state index in [1.54, 1.807) is 11.2 Å². The fourth-order valence-corrected chi connectivity index (χ4v) is 3.58. The molecule has 6 nitrogen and oxygen atoms in total. The van der Waals surface area contributed by atoms with Gasteiger partial charge in [0.15, 0.2) is 12.4 Å². The third kappa shape index (κ3) is 3.30. The Kier molecular flexibility index (Phi) is 4.52. The number of nitrogens with zero attached hydrogens (tertiary/aromatic N) is 3. The van der Waals surface area contributed by atoms with Crippen LogP contribution in [0.4, 0.5) is 0 Å². The van der Waals surface area contributed by atoms with Crippen molar-refractivity contribution in [3.05, 3.63) is 53.5 Å². The number of quaternary nitrogens is 2. The average Bonchev–Trinajstić information content (AvgIpc) is 3.26. The summed E-state index contributed by atoms with van der Waals surface area (Å²) in [5.74, 6) is 1.48. The van der Waals surface area contributed by atoms with Crippen LogP contribution in [0, 0.1) is 4.77 Å². The Hall–Kier alpha value is -2.22. The summed E-state index contributed by atoms with van der Waals surface area (Å²) in [7, 11) is 2.25. The maximum absolute atomic E-state index is 5.76. The topological polar surface area (TPSA) is 44.8 Å². The third-order valence-electron chi connectivity index (χ3n) is 4.78. The third-order valence-corrected chi connectivity index (χ3v) is 5.17. The normalized spacial score (nSPS) is 20.7. The predicted molar refractivity (Wildman–Crippen MR) is 97.4 cm³/mol. The van der Waals surface area contributed by atoms with Crippen molar-refractivity contribution in [3.8, 4) is 17.3 Å². The lowest BCUT2D eigenvalue weighted by molar-refractivity contribution is -1.02. The van der Waals surface area contributed by atoms with E-state index in [-0.39, 0.29) is 0 Å². The van der Waals surface area contributed by atoms with Gasteiger partial charge in [0.2, 0.25) is 10.6 Å². The van der Waals surface area contributed by atoms with Crippen molar-refractivity contribution in [1.82, 2.24) is 14.3 Å². The summed E-state index contributed by atoms with van der Waals surface area (Å²) in [5.41, 5.74) is 1.00. The summed E-state index contributed by atoms with van der Waals surface area (Å²) < 4.78 is 10.2. The van der Waals surface area contributed by atoms with E-state index in [2.05, 4.69) is 7.05 Å². The molecule has 0 radical (unpaired) electrons. The summed E-state index contributed by atoms with van der Waals surface area (Å²) >= 11 is 5.76. The average molecular weight is 357 g/mol. The zero-order chi connectivity index (χ0) is 17.2. The molecule has 0 unspecified atom stereocenters. The Morgan fingerprint density at radius 3 is 2.52 bits per heavy atom. The highest BCUT2D eigenvalue weighted by molar-refractivity contribution is 7.71. The van der Waals surface area contributed by atoms with Gasteiger partial charge in [-0.25, -0.2) is 0 Å². The molecule has 7 heteroatoms. The Morgan fingerprint density at radius 1 is 1.08 bits per heavy atom. The molecule has 3 aromatic rings. The monoisotopic (exact) mass is 357 g/mol. The summed E-state index contributed by atoms with van der Waals surface area (Å²) in [6, 6.07) is 13.9. The second kappa shape index (κ2) is 6.95. The van der Waals surface area contributed by atoms with Crippen LogP contribution in [0.15, 0.2) is 53.1 Å². The van der Waals surface area contributed by atoms with E-state index in [1.165, 1.54) is 18.0 Å². The molecule has 0 spiro atoms. The molecule has 130 valence electrons. The van der Waals surface area contributed by atoms with E-state index in [9.17, 15) is 0 Å². The SMILES string of the molecule is C[NH+]1CC[NH+](Cn2nc(-c3ccco3)n(-c3ccccc3)c2=S)CC1. The lowest BCUT2D eigenvalue weighted by Gasteiger charge is -2.26. The lowest BCUT2D eigenvalue weighted by Crippen LogP contribution is -3.26. The van der Waals surface area contributed by atoms with E-state index >= 15 is 0 Å². The van der Waals surface area contributed by atoms with Crippen molar-refractivity contribution in [3.63, 3.8) is 0 Å². The standard InChI is InChI=1S/C18H21N5OS/c1-20-9-11-21(12-10-20)14-22-18(25)23(15-6-3-2-4-7-15)17(19-22)16-8-5-13-24-16/h2-8,13H,9-12,14H2,1H3/p+2. The maximum Gasteiger partial charge on any atom is 0.207 e. The van der Waals surface area contributed by atoms with Crippen LogP contribution in [-0.4, -0.2) is 47.6 Å². The first-order chi connectivity index (χ1) is 12.2. The Labute approximate surface area is 151 Å². The highest BCUT2D eigenvalue weighted by Crippen LogP contribution is 2.22. The van der Waals surface area contributed by atoms with Gasteiger partial charge in [-0.2, -0.15) is 4.68 Å². The van der Waals surface area contributed by atoms with Crippen LogP contribution in [0.1, 0.15) is 0 Å². The molecular weight excluding hydrogens is 334 g/mol. The van der Waals surface area contributed by atoms with Gasteiger partial charge in [-0.05, 0) is 36.5 Å².